The zero-order valence-electron chi connectivity index (χ0n) is 17.2. The van der Waals surface area contributed by atoms with Crippen molar-refractivity contribution < 1.29 is 4.79 Å². The maximum atomic E-state index is 12.4. The third kappa shape index (κ3) is 4.78. The van der Waals surface area contributed by atoms with E-state index in [1.807, 2.05) is 30.3 Å². The number of benzene rings is 2. The van der Waals surface area contributed by atoms with Crippen molar-refractivity contribution in [2.45, 2.75) is 57.4 Å². The number of carbonyl (C=O) groups excluding carboxylic acids is 1. The molecule has 4 rings (SSSR count). The molecule has 1 saturated carbocycles. The Bertz CT molecular complexity index is 927. The number of nitrogens with one attached hydrogen (secondary N) is 3. The predicted octanol–water partition coefficient (Wildman–Crippen LogP) is 4.94. The van der Waals surface area contributed by atoms with E-state index in [9.17, 15) is 4.79 Å². The van der Waals surface area contributed by atoms with Crippen LogP contribution in [0.25, 0.3) is 11.0 Å². The second-order valence-corrected chi connectivity index (χ2v) is 8.40. The van der Waals surface area contributed by atoms with Crippen LogP contribution in [0.15, 0.2) is 48.5 Å². The van der Waals surface area contributed by atoms with Crippen LogP contribution in [0, 0.1) is 0 Å². The second kappa shape index (κ2) is 8.68. The van der Waals surface area contributed by atoms with E-state index in [1.165, 1.54) is 5.56 Å². The first-order chi connectivity index (χ1) is 14.1. The molecule has 3 N–H and O–H groups in total. The fourth-order valence-corrected chi connectivity index (χ4v) is 4.18. The van der Waals surface area contributed by atoms with Crippen LogP contribution >= 0.6 is 0 Å². The van der Waals surface area contributed by atoms with Crippen molar-refractivity contribution in [1.82, 2.24) is 15.3 Å². The number of rotatable bonds is 6. The minimum atomic E-state index is 0.0493. The van der Waals surface area contributed by atoms with E-state index in [4.69, 9.17) is 4.98 Å². The summed E-state index contributed by atoms with van der Waals surface area (Å²) in [5.41, 5.74) is 4.38. The fourth-order valence-electron chi connectivity index (χ4n) is 4.18. The average Bonchev–Trinajstić information content (AvgIpc) is 3.17. The number of nitrogens with zero attached hydrogens (tertiary/aromatic N) is 1. The van der Waals surface area contributed by atoms with Crippen LogP contribution in [0.2, 0.25) is 0 Å². The van der Waals surface area contributed by atoms with Gasteiger partial charge in [-0.3, -0.25) is 4.79 Å². The van der Waals surface area contributed by atoms with Gasteiger partial charge in [-0.15, -0.1) is 0 Å². The summed E-state index contributed by atoms with van der Waals surface area (Å²) in [5.74, 6) is 1.98. The lowest BCUT2D eigenvalue weighted by molar-refractivity contribution is -0.120. The van der Waals surface area contributed by atoms with Gasteiger partial charge < -0.3 is 15.6 Å². The van der Waals surface area contributed by atoms with Crippen LogP contribution in [0.4, 0.5) is 5.69 Å². The molecule has 0 spiro atoms. The molecule has 1 aliphatic carbocycles. The minimum absolute atomic E-state index is 0.0493. The Balaban J connectivity index is 1.30. The number of H-pyrrole nitrogens is 1. The number of carbonyl (C=O) groups is 1. The Morgan fingerprint density at radius 1 is 1.14 bits per heavy atom. The van der Waals surface area contributed by atoms with Gasteiger partial charge in [0.2, 0.25) is 5.91 Å². The molecule has 1 heterocycles. The lowest BCUT2D eigenvalue weighted by atomic mass is 9.85. The summed E-state index contributed by atoms with van der Waals surface area (Å²) in [7, 11) is 0. The zero-order valence-corrected chi connectivity index (χ0v) is 17.2. The monoisotopic (exact) mass is 390 g/mol. The number of fused-ring (bicyclic) bond motifs is 1. The summed E-state index contributed by atoms with van der Waals surface area (Å²) in [6, 6.07) is 16.7. The Morgan fingerprint density at radius 3 is 2.69 bits per heavy atom. The molecule has 0 bridgehead atoms. The van der Waals surface area contributed by atoms with Crippen molar-refractivity contribution in [2.24, 2.45) is 0 Å². The van der Waals surface area contributed by atoms with Crippen LogP contribution in [0.3, 0.4) is 0 Å². The van der Waals surface area contributed by atoms with E-state index in [2.05, 4.69) is 47.7 Å². The molecule has 5 heteroatoms. The van der Waals surface area contributed by atoms with Crippen molar-refractivity contribution in [3.8, 4) is 0 Å². The van der Waals surface area contributed by atoms with Crippen molar-refractivity contribution in [2.75, 3.05) is 11.9 Å². The molecule has 1 amide bonds. The largest absolute Gasteiger partial charge is 0.376 e. The van der Waals surface area contributed by atoms with E-state index in [-0.39, 0.29) is 11.9 Å². The standard InChI is InChI=1S/C24H30N4O/c1-16(2)17-10-12-19(13-11-17)25-15-23(29)26-20-7-5-6-18(14-20)24-27-21-8-3-4-9-22(21)28-24/h3-4,8-13,16,18,20,25H,5-7,14-15H2,1-2H3,(H,26,29)(H,27,28)/t18-,20+/m0/s1. The molecule has 2 atom stereocenters. The zero-order chi connectivity index (χ0) is 20.2. The third-order valence-corrected chi connectivity index (χ3v) is 5.86. The van der Waals surface area contributed by atoms with E-state index in [0.29, 0.717) is 18.4 Å². The molecule has 0 aliphatic heterocycles. The summed E-state index contributed by atoms with van der Waals surface area (Å²) in [6.07, 6.45) is 4.20. The smallest absolute Gasteiger partial charge is 0.239 e. The molecule has 1 aromatic heterocycles. The first-order valence-electron chi connectivity index (χ1n) is 10.7. The van der Waals surface area contributed by atoms with Crippen LogP contribution in [-0.4, -0.2) is 28.5 Å². The summed E-state index contributed by atoms with van der Waals surface area (Å²) >= 11 is 0. The third-order valence-electron chi connectivity index (χ3n) is 5.86. The first-order valence-corrected chi connectivity index (χ1v) is 10.7. The highest BCUT2D eigenvalue weighted by atomic mass is 16.1. The maximum Gasteiger partial charge on any atom is 0.239 e. The Labute approximate surface area is 172 Å². The molecule has 29 heavy (non-hydrogen) atoms. The molecule has 0 radical (unpaired) electrons. The topological polar surface area (TPSA) is 69.8 Å². The van der Waals surface area contributed by atoms with Crippen LogP contribution in [0.5, 0.6) is 0 Å². The van der Waals surface area contributed by atoms with Crippen molar-refractivity contribution in [1.29, 1.82) is 0 Å². The van der Waals surface area contributed by atoms with E-state index >= 15 is 0 Å². The van der Waals surface area contributed by atoms with E-state index in [1.54, 1.807) is 0 Å². The van der Waals surface area contributed by atoms with E-state index in [0.717, 1.165) is 48.2 Å². The first kappa shape index (κ1) is 19.5. The molecule has 2 aromatic carbocycles. The maximum absolute atomic E-state index is 12.4. The van der Waals surface area contributed by atoms with E-state index < -0.39 is 0 Å². The van der Waals surface area contributed by atoms with Crippen LogP contribution < -0.4 is 10.6 Å². The number of amides is 1. The molecule has 152 valence electrons. The van der Waals surface area contributed by atoms with Crippen molar-refractivity contribution >= 4 is 22.6 Å². The van der Waals surface area contributed by atoms with Gasteiger partial charge in [-0.25, -0.2) is 4.98 Å². The molecular weight excluding hydrogens is 360 g/mol. The van der Waals surface area contributed by atoms with Gasteiger partial charge in [0.25, 0.3) is 0 Å². The van der Waals surface area contributed by atoms with Crippen LogP contribution in [0.1, 0.15) is 62.8 Å². The number of imidazole rings is 1. The number of anilines is 1. The summed E-state index contributed by atoms with van der Waals surface area (Å²) in [4.78, 5) is 20.7. The highest BCUT2D eigenvalue weighted by Crippen LogP contribution is 2.32. The van der Waals surface area contributed by atoms with Gasteiger partial charge in [0.1, 0.15) is 5.82 Å². The molecule has 0 unspecified atom stereocenters. The SMILES string of the molecule is CC(C)c1ccc(NCC(=O)N[C@@H]2CCC[C@H](c3nc4ccccc4[nH]3)C2)cc1. The number of para-hydroxylation sites is 2. The normalized spacial score (nSPS) is 19.4. The number of aromatic nitrogens is 2. The van der Waals surface area contributed by atoms with Gasteiger partial charge >= 0.3 is 0 Å². The highest BCUT2D eigenvalue weighted by Gasteiger charge is 2.26. The Kier molecular flexibility index (Phi) is 5.84. The molecule has 1 aliphatic rings. The predicted molar refractivity (Wildman–Crippen MR) is 118 cm³/mol. The number of aromatic amines is 1. The highest BCUT2D eigenvalue weighted by molar-refractivity contribution is 5.81. The molecule has 5 nitrogen and oxygen atoms in total. The Morgan fingerprint density at radius 2 is 1.93 bits per heavy atom. The van der Waals surface area contributed by atoms with Crippen LogP contribution in [-0.2, 0) is 4.79 Å². The lowest BCUT2D eigenvalue weighted by Crippen LogP contribution is -2.40. The second-order valence-electron chi connectivity index (χ2n) is 8.40. The minimum Gasteiger partial charge on any atom is -0.376 e. The summed E-state index contributed by atoms with van der Waals surface area (Å²) < 4.78 is 0. The molecule has 0 saturated heterocycles. The lowest BCUT2D eigenvalue weighted by Gasteiger charge is -2.28. The molecule has 1 fully saturated rings. The van der Waals surface area contributed by atoms with Gasteiger partial charge in [0, 0.05) is 17.6 Å². The quantitative estimate of drug-likeness (QED) is 0.558. The number of hydrogen-bond acceptors (Lipinski definition) is 3. The summed E-state index contributed by atoms with van der Waals surface area (Å²) in [6.45, 7) is 4.66. The van der Waals surface area contributed by atoms with Gasteiger partial charge in [-0.2, -0.15) is 0 Å². The molecular formula is C24H30N4O. The van der Waals surface area contributed by atoms with Gasteiger partial charge in [-0.05, 0) is 55.0 Å². The van der Waals surface area contributed by atoms with Gasteiger partial charge in [0.15, 0.2) is 0 Å². The van der Waals surface area contributed by atoms with Gasteiger partial charge in [0.05, 0.1) is 17.6 Å². The van der Waals surface area contributed by atoms with Crippen molar-refractivity contribution in [3.05, 3.63) is 59.9 Å². The number of hydrogen-bond donors (Lipinski definition) is 3. The fraction of sp³-hybridized carbons (Fsp3) is 0.417. The Hall–Kier alpha value is -2.82. The molecule has 3 aromatic rings. The van der Waals surface area contributed by atoms with Gasteiger partial charge in [-0.1, -0.05) is 44.5 Å². The summed E-state index contributed by atoms with van der Waals surface area (Å²) in [5, 5.41) is 6.44. The average molecular weight is 391 g/mol. The van der Waals surface area contributed by atoms with Crippen molar-refractivity contribution in [3.63, 3.8) is 0 Å².